The van der Waals surface area contributed by atoms with Gasteiger partial charge in [0.2, 0.25) is 0 Å². The quantitative estimate of drug-likeness (QED) is 0.426. The Kier molecular flexibility index (Phi) is 4.81. The summed E-state index contributed by atoms with van der Waals surface area (Å²) < 4.78 is 0. The van der Waals surface area contributed by atoms with Gasteiger partial charge in [-0.1, -0.05) is 23.2 Å². The lowest BCUT2D eigenvalue weighted by Gasteiger charge is -2.09. The van der Waals surface area contributed by atoms with Crippen molar-refractivity contribution in [2.24, 2.45) is 0 Å². The Morgan fingerprint density at radius 3 is 2.52 bits per heavy atom. The Labute approximate surface area is 128 Å². The first-order chi connectivity index (χ1) is 9.97. The third-order valence-corrected chi connectivity index (χ3v) is 3.28. The van der Waals surface area contributed by atoms with Crippen LogP contribution in [0.15, 0.2) is 16.9 Å². The predicted octanol–water partition coefficient (Wildman–Crippen LogP) is 2.36. The van der Waals surface area contributed by atoms with Crippen molar-refractivity contribution in [1.29, 1.82) is 0 Å². The molecule has 0 amide bonds. The minimum atomic E-state index is -0.560. The standard InChI is InChI=1S/C11H11Cl2N5O3/c12-7-4-6(18(20)21)5-8(13)10(7)14-3-1-2-9-15-11(19)17-16-9/h4-5,14H,1-3H2,(H2,15,16,17,19). The van der Waals surface area contributed by atoms with Crippen LogP contribution in [0.25, 0.3) is 0 Å². The van der Waals surface area contributed by atoms with Crippen LogP contribution >= 0.6 is 23.2 Å². The van der Waals surface area contributed by atoms with E-state index in [1.54, 1.807) is 0 Å². The number of aryl methyl sites for hydroxylation is 1. The maximum Gasteiger partial charge on any atom is 0.340 e. The number of rotatable bonds is 6. The topological polar surface area (TPSA) is 117 Å². The van der Waals surface area contributed by atoms with Crippen LogP contribution in [0.4, 0.5) is 11.4 Å². The average Bonchev–Trinajstić information content (AvgIpc) is 2.82. The number of H-pyrrole nitrogens is 2. The van der Waals surface area contributed by atoms with E-state index in [2.05, 4.69) is 20.5 Å². The lowest BCUT2D eigenvalue weighted by molar-refractivity contribution is -0.384. The van der Waals surface area contributed by atoms with Crippen LogP contribution in [0.3, 0.4) is 0 Å². The smallest absolute Gasteiger partial charge is 0.340 e. The summed E-state index contributed by atoms with van der Waals surface area (Å²) in [5, 5.41) is 20.1. The van der Waals surface area contributed by atoms with E-state index in [4.69, 9.17) is 23.2 Å². The number of nitro benzene ring substituents is 1. The number of aromatic amines is 2. The second-order valence-corrected chi connectivity index (χ2v) is 5.01. The highest BCUT2D eigenvalue weighted by atomic mass is 35.5. The number of nitro groups is 1. The molecule has 0 aliphatic heterocycles. The molecule has 112 valence electrons. The molecule has 0 saturated carbocycles. The normalized spacial score (nSPS) is 10.6. The van der Waals surface area contributed by atoms with Gasteiger partial charge < -0.3 is 5.32 Å². The van der Waals surface area contributed by atoms with Crippen LogP contribution in [0, 0.1) is 10.1 Å². The maximum absolute atomic E-state index is 10.8. The molecule has 2 aromatic rings. The molecule has 0 spiro atoms. The molecule has 10 heteroatoms. The number of aromatic nitrogens is 3. The zero-order valence-electron chi connectivity index (χ0n) is 10.7. The summed E-state index contributed by atoms with van der Waals surface area (Å²) in [7, 11) is 0. The molecule has 1 aromatic carbocycles. The SMILES string of the molecule is O=c1[nH]nc(CCCNc2c(Cl)cc([N+](=O)[O-])cc2Cl)[nH]1. The Bertz CT molecular complexity index is 689. The molecular formula is C11H11Cl2N5O3. The maximum atomic E-state index is 10.8. The second kappa shape index (κ2) is 6.59. The monoisotopic (exact) mass is 331 g/mol. The summed E-state index contributed by atoms with van der Waals surface area (Å²) in [6, 6.07) is 2.47. The Hall–Kier alpha value is -2.06. The molecule has 0 radical (unpaired) electrons. The number of hydrogen-bond donors (Lipinski definition) is 3. The first-order valence-electron chi connectivity index (χ1n) is 5.98. The third kappa shape index (κ3) is 3.96. The van der Waals surface area contributed by atoms with Gasteiger partial charge in [0.15, 0.2) is 0 Å². The Balaban J connectivity index is 1.94. The van der Waals surface area contributed by atoms with Crippen LogP contribution in [-0.4, -0.2) is 26.6 Å². The molecule has 0 fully saturated rings. The zero-order chi connectivity index (χ0) is 15.4. The van der Waals surface area contributed by atoms with Gasteiger partial charge in [0.25, 0.3) is 5.69 Å². The number of benzene rings is 1. The summed E-state index contributed by atoms with van der Waals surface area (Å²) in [5.41, 5.74) is -0.0662. The van der Waals surface area contributed by atoms with E-state index in [1.165, 1.54) is 12.1 Å². The third-order valence-electron chi connectivity index (χ3n) is 2.68. The average molecular weight is 332 g/mol. The van der Waals surface area contributed by atoms with Crippen molar-refractivity contribution in [1.82, 2.24) is 15.2 Å². The van der Waals surface area contributed by atoms with Crippen molar-refractivity contribution < 1.29 is 4.92 Å². The molecule has 1 aromatic heterocycles. The second-order valence-electron chi connectivity index (χ2n) is 4.20. The number of nitrogens with zero attached hydrogens (tertiary/aromatic N) is 2. The summed E-state index contributed by atoms with van der Waals surface area (Å²) in [6.07, 6.45) is 1.23. The van der Waals surface area contributed by atoms with Gasteiger partial charge in [0.1, 0.15) is 5.82 Å². The molecular weight excluding hydrogens is 321 g/mol. The fraction of sp³-hybridized carbons (Fsp3) is 0.273. The van der Waals surface area contributed by atoms with Gasteiger partial charge in [0.05, 0.1) is 20.7 Å². The highest BCUT2D eigenvalue weighted by Crippen LogP contribution is 2.34. The van der Waals surface area contributed by atoms with Gasteiger partial charge in [-0.15, -0.1) is 0 Å². The lowest BCUT2D eigenvalue weighted by atomic mass is 10.2. The van der Waals surface area contributed by atoms with Crippen molar-refractivity contribution in [3.8, 4) is 0 Å². The summed E-state index contributed by atoms with van der Waals surface area (Å²) in [4.78, 5) is 23.5. The van der Waals surface area contributed by atoms with Crippen LogP contribution in [-0.2, 0) is 6.42 Å². The van der Waals surface area contributed by atoms with Crippen LogP contribution in [0.2, 0.25) is 10.0 Å². The van der Waals surface area contributed by atoms with Gasteiger partial charge in [-0.3, -0.25) is 15.1 Å². The van der Waals surface area contributed by atoms with Gasteiger partial charge in [0, 0.05) is 25.1 Å². The van der Waals surface area contributed by atoms with Crippen molar-refractivity contribution >= 4 is 34.6 Å². The molecule has 0 aliphatic carbocycles. The summed E-state index contributed by atoms with van der Waals surface area (Å²) in [5.74, 6) is 0.558. The molecule has 0 atom stereocenters. The van der Waals surface area contributed by atoms with Crippen molar-refractivity contribution in [2.75, 3.05) is 11.9 Å². The number of anilines is 1. The fourth-order valence-corrected chi connectivity index (χ4v) is 2.34. The number of non-ortho nitro benzene ring substituents is 1. The number of hydrogen-bond acceptors (Lipinski definition) is 5. The minimum Gasteiger partial charge on any atom is -0.383 e. The molecule has 1 heterocycles. The van der Waals surface area contributed by atoms with E-state index >= 15 is 0 Å². The van der Waals surface area contributed by atoms with Crippen molar-refractivity contribution in [3.63, 3.8) is 0 Å². The predicted molar refractivity (Wildman–Crippen MR) is 79.1 cm³/mol. The van der Waals surface area contributed by atoms with Crippen molar-refractivity contribution in [2.45, 2.75) is 12.8 Å². The Morgan fingerprint density at radius 1 is 1.33 bits per heavy atom. The summed E-state index contributed by atoms with van der Waals surface area (Å²) >= 11 is 11.9. The Morgan fingerprint density at radius 2 is 2.00 bits per heavy atom. The van der Waals surface area contributed by atoms with E-state index in [0.29, 0.717) is 30.9 Å². The number of halogens is 2. The molecule has 2 rings (SSSR count). The molecule has 0 saturated heterocycles. The first kappa shape index (κ1) is 15.3. The van der Waals surface area contributed by atoms with Crippen LogP contribution < -0.4 is 11.0 Å². The van der Waals surface area contributed by atoms with E-state index in [-0.39, 0.29) is 21.4 Å². The van der Waals surface area contributed by atoms with Crippen LogP contribution in [0.1, 0.15) is 12.2 Å². The molecule has 8 nitrogen and oxygen atoms in total. The lowest BCUT2D eigenvalue weighted by Crippen LogP contribution is -2.06. The summed E-state index contributed by atoms with van der Waals surface area (Å²) in [6.45, 7) is 0.520. The minimum absolute atomic E-state index is 0.162. The number of nitrogens with one attached hydrogen (secondary N) is 3. The molecule has 0 unspecified atom stereocenters. The molecule has 0 bridgehead atoms. The van der Waals surface area contributed by atoms with Gasteiger partial charge in [-0.25, -0.2) is 9.89 Å². The van der Waals surface area contributed by atoms with E-state index in [1.807, 2.05) is 0 Å². The highest BCUT2D eigenvalue weighted by Gasteiger charge is 2.14. The van der Waals surface area contributed by atoms with Crippen molar-refractivity contribution in [3.05, 3.63) is 48.6 Å². The van der Waals surface area contributed by atoms with Gasteiger partial charge >= 0.3 is 5.69 Å². The van der Waals surface area contributed by atoms with E-state index in [9.17, 15) is 14.9 Å². The molecule has 3 N–H and O–H groups in total. The van der Waals surface area contributed by atoms with E-state index in [0.717, 1.165) is 0 Å². The van der Waals surface area contributed by atoms with Gasteiger partial charge in [-0.05, 0) is 6.42 Å². The van der Waals surface area contributed by atoms with Gasteiger partial charge in [-0.2, -0.15) is 5.10 Å². The first-order valence-corrected chi connectivity index (χ1v) is 6.74. The fourth-order valence-electron chi connectivity index (χ4n) is 1.73. The molecule has 0 aliphatic rings. The van der Waals surface area contributed by atoms with Crippen LogP contribution in [0.5, 0.6) is 0 Å². The van der Waals surface area contributed by atoms with E-state index < -0.39 is 4.92 Å². The zero-order valence-corrected chi connectivity index (χ0v) is 12.2. The molecule has 21 heavy (non-hydrogen) atoms. The largest absolute Gasteiger partial charge is 0.383 e. The highest BCUT2D eigenvalue weighted by molar-refractivity contribution is 6.39.